The summed E-state index contributed by atoms with van der Waals surface area (Å²) in [4.78, 5) is 39.2. The molecule has 1 N–H and O–H groups in total. The Morgan fingerprint density at radius 3 is 2.54 bits per heavy atom. The Morgan fingerprint density at radius 2 is 1.82 bits per heavy atom. The van der Waals surface area contributed by atoms with Crippen LogP contribution in [0.3, 0.4) is 0 Å². The number of hydrogen-bond acceptors (Lipinski definition) is 6. The first-order valence-electron chi connectivity index (χ1n) is 14.1. The average Bonchev–Trinajstić information content (AvgIpc) is 3.47. The number of carbonyl (C=O) groups is 3. The van der Waals surface area contributed by atoms with Crippen LogP contribution >= 0.6 is 0 Å². The van der Waals surface area contributed by atoms with E-state index in [9.17, 15) is 19.5 Å². The number of fused-ring (bicyclic) bond motifs is 4. The van der Waals surface area contributed by atoms with Gasteiger partial charge in [-0.1, -0.05) is 74.2 Å². The van der Waals surface area contributed by atoms with Gasteiger partial charge in [-0.05, 0) is 54.7 Å². The van der Waals surface area contributed by atoms with Gasteiger partial charge in [0, 0.05) is 11.3 Å². The van der Waals surface area contributed by atoms with Crippen LogP contribution in [0.5, 0.6) is 5.75 Å². The highest BCUT2D eigenvalue weighted by Crippen LogP contribution is 2.51. The van der Waals surface area contributed by atoms with Crippen molar-refractivity contribution >= 4 is 34.8 Å². The van der Waals surface area contributed by atoms with Crippen molar-refractivity contribution in [1.29, 1.82) is 0 Å². The van der Waals surface area contributed by atoms with Gasteiger partial charge in [0.15, 0.2) is 0 Å². The number of benzene rings is 2. The van der Waals surface area contributed by atoms with E-state index < -0.39 is 29.7 Å². The molecule has 2 aliphatic heterocycles. The lowest BCUT2D eigenvalue weighted by molar-refractivity contribution is -0.137. The summed E-state index contributed by atoms with van der Waals surface area (Å²) in [6.45, 7) is 4.67. The van der Waals surface area contributed by atoms with Crippen LogP contribution < -0.4 is 0 Å². The maximum atomic E-state index is 13.2. The van der Waals surface area contributed by atoms with Crippen LogP contribution in [0.15, 0.2) is 53.1 Å². The first-order chi connectivity index (χ1) is 18.9. The van der Waals surface area contributed by atoms with Crippen LogP contribution in [-0.4, -0.2) is 47.7 Å². The van der Waals surface area contributed by atoms with Gasteiger partial charge in [0.05, 0.1) is 31.7 Å². The number of phenolic OH excluding ortho intramolecular Hbond substituents is 1. The molecule has 0 saturated carbocycles. The lowest BCUT2D eigenvalue weighted by atomic mass is 9.68. The molecule has 0 spiro atoms. The summed E-state index contributed by atoms with van der Waals surface area (Å²) in [5.74, 6) is -1.88. The summed E-state index contributed by atoms with van der Waals surface area (Å²) in [7, 11) is 1.19. The number of nitrogens with zero attached hydrogens (tertiary/aromatic N) is 1. The number of methoxy groups -OCH3 is 1. The summed E-state index contributed by atoms with van der Waals surface area (Å²) in [6, 6.07) is 11.6. The number of carbonyl (C=O) groups excluding carboxylic acids is 3. The lowest BCUT2D eigenvalue weighted by Crippen LogP contribution is -2.38. The molecule has 39 heavy (non-hydrogen) atoms. The number of imide groups is 3. The van der Waals surface area contributed by atoms with Crippen molar-refractivity contribution in [2.45, 2.75) is 64.9 Å². The van der Waals surface area contributed by atoms with Crippen LogP contribution in [0.25, 0.3) is 16.8 Å². The molecule has 1 aliphatic carbocycles. The van der Waals surface area contributed by atoms with Crippen molar-refractivity contribution in [2.24, 2.45) is 17.8 Å². The van der Waals surface area contributed by atoms with Gasteiger partial charge in [-0.25, -0.2) is 4.79 Å². The molecule has 2 fully saturated rings. The first kappa shape index (κ1) is 27.1. The van der Waals surface area contributed by atoms with Gasteiger partial charge in [0.1, 0.15) is 5.75 Å². The smallest absolute Gasteiger partial charge is 0.423 e. The summed E-state index contributed by atoms with van der Waals surface area (Å²) in [6.07, 6.45) is 7.14. The minimum Gasteiger partial charge on any atom is -0.507 e. The monoisotopic (exact) mass is 531 g/mol. The van der Waals surface area contributed by atoms with E-state index in [4.69, 9.17) is 9.47 Å². The molecule has 0 unspecified atom stereocenters. The number of rotatable bonds is 8. The van der Waals surface area contributed by atoms with E-state index in [0.29, 0.717) is 17.9 Å². The molecular weight excluding hydrogens is 494 g/mol. The van der Waals surface area contributed by atoms with E-state index in [1.807, 2.05) is 30.3 Å². The van der Waals surface area contributed by atoms with Gasteiger partial charge in [-0.3, -0.25) is 9.59 Å². The quantitative estimate of drug-likeness (QED) is 0.313. The SMILES string of the molecule is CCCC1=C2[C@@H](CC/C(=C/c3ccc(O)c4ccccc34)CCC)OC[C@@H]2[C@@H]2C(=O)N(C(=O)OC)C(=O)[C@@H]2C1. The van der Waals surface area contributed by atoms with Crippen molar-refractivity contribution in [3.63, 3.8) is 0 Å². The summed E-state index contributed by atoms with van der Waals surface area (Å²) in [5.41, 5.74) is 4.79. The maximum absolute atomic E-state index is 13.2. The van der Waals surface area contributed by atoms with E-state index in [1.165, 1.54) is 23.8 Å². The summed E-state index contributed by atoms with van der Waals surface area (Å²) < 4.78 is 11.1. The van der Waals surface area contributed by atoms with Crippen LogP contribution in [0, 0.1) is 17.8 Å². The number of aromatic hydroxyl groups is 1. The van der Waals surface area contributed by atoms with Gasteiger partial charge < -0.3 is 14.6 Å². The number of phenols is 1. The van der Waals surface area contributed by atoms with Gasteiger partial charge in [-0.2, -0.15) is 4.90 Å². The highest BCUT2D eigenvalue weighted by molar-refractivity contribution is 6.16. The number of hydrogen-bond donors (Lipinski definition) is 1. The average molecular weight is 532 g/mol. The molecule has 0 radical (unpaired) electrons. The molecule has 7 nitrogen and oxygen atoms in total. The molecule has 2 aromatic rings. The summed E-state index contributed by atoms with van der Waals surface area (Å²) in [5, 5.41) is 12.2. The number of ether oxygens (including phenoxy) is 2. The molecule has 2 saturated heterocycles. The van der Waals surface area contributed by atoms with E-state index in [1.54, 1.807) is 6.07 Å². The zero-order valence-corrected chi connectivity index (χ0v) is 22.9. The van der Waals surface area contributed by atoms with E-state index >= 15 is 0 Å². The van der Waals surface area contributed by atoms with Crippen LogP contribution in [0.4, 0.5) is 4.79 Å². The fourth-order valence-electron chi connectivity index (χ4n) is 6.84. The van der Waals surface area contributed by atoms with E-state index in [0.717, 1.165) is 54.9 Å². The second-order valence-electron chi connectivity index (χ2n) is 10.9. The molecule has 3 aliphatic rings. The maximum Gasteiger partial charge on any atom is 0.423 e. The van der Waals surface area contributed by atoms with Crippen molar-refractivity contribution in [1.82, 2.24) is 4.90 Å². The molecule has 7 heteroatoms. The third-order valence-corrected chi connectivity index (χ3v) is 8.51. The highest BCUT2D eigenvalue weighted by Gasteiger charge is 2.58. The second kappa shape index (κ2) is 11.3. The third kappa shape index (κ3) is 4.89. The molecule has 0 aromatic heterocycles. The zero-order valence-electron chi connectivity index (χ0n) is 22.9. The Labute approximate surface area is 229 Å². The number of amides is 3. The minimum absolute atomic E-state index is 0.107. The standard InChI is InChI=1S/C32H37NO6/c1-4-8-19(16-20-13-14-26(34)23-11-7-6-10-22(20)23)12-15-27-28-21(9-5-2)17-24-29(25(28)18-39-27)31(36)33(30(24)35)32(37)38-3/h6-7,10-11,13-14,16,24-25,27,29,34H,4-5,8-9,12,15,17-18H2,1-3H3/b19-16+/t24-,25+,27-,29-/m1/s1. The van der Waals surface area contributed by atoms with Crippen molar-refractivity contribution in [2.75, 3.05) is 13.7 Å². The lowest BCUT2D eigenvalue weighted by Gasteiger charge is -2.32. The number of allylic oxidation sites excluding steroid dienone is 2. The van der Waals surface area contributed by atoms with Crippen LogP contribution in [0.1, 0.15) is 64.4 Å². The van der Waals surface area contributed by atoms with Crippen LogP contribution in [0.2, 0.25) is 0 Å². The summed E-state index contributed by atoms with van der Waals surface area (Å²) >= 11 is 0. The Hall–Kier alpha value is -3.45. The van der Waals surface area contributed by atoms with E-state index in [2.05, 4.69) is 19.9 Å². The molecule has 2 aromatic carbocycles. The fourth-order valence-corrected chi connectivity index (χ4v) is 6.84. The zero-order chi connectivity index (χ0) is 27.7. The fraction of sp³-hybridized carbons (Fsp3) is 0.469. The Balaban J connectivity index is 1.41. The molecule has 5 rings (SSSR count). The van der Waals surface area contributed by atoms with Gasteiger partial charge in [-0.15, -0.1) is 0 Å². The molecule has 206 valence electrons. The third-order valence-electron chi connectivity index (χ3n) is 8.51. The van der Waals surface area contributed by atoms with E-state index in [-0.39, 0.29) is 17.8 Å². The number of likely N-dealkylation sites (tertiary alicyclic amines) is 1. The second-order valence-corrected chi connectivity index (χ2v) is 10.9. The first-order valence-corrected chi connectivity index (χ1v) is 14.1. The predicted octanol–water partition coefficient (Wildman–Crippen LogP) is 6.39. The van der Waals surface area contributed by atoms with Gasteiger partial charge >= 0.3 is 6.09 Å². The molecule has 3 amide bonds. The Kier molecular flexibility index (Phi) is 7.89. The molecular formula is C32H37NO6. The van der Waals surface area contributed by atoms with Crippen molar-refractivity contribution in [3.05, 3.63) is 58.7 Å². The molecule has 0 bridgehead atoms. The van der Waals surface area contributed by atoms with Gasteiger partial charge in [0.25, 0.3) is 0 Å². The van der Waals surface area contributed by atoms with Crippen LogP contribution in [-0.2, 0) is 19.1 Å². The minimum atomic E-state index is -0.899. The van der Waals surface area contributed by atoms with Gasteiger partial charge in [0.2, 0.25) is 11.8 Å². The Morgan fingerprint density at radius 1 is 1.05 bits per heavy atom. The predicted molar refractivity (Wildman–Crippen MR) is 149 cm³/mol. The largest absolute Gasteiger partial charge is 0.507 e. The Bertz CT molecular complexity index is 1360. The topological polar surface area (TPSA) is 93.1 Å². The van der Waals surface area contributed by atoms with Crippen molar-refractivity contribution in [3.8, 4) is 5.75 Å². The molecule has 4 atom stereocenters. The normalized spacial score (nSPS) is 24.9. The van der Waals surface area contributed by atoms with Crippen molar-refractivity contribution < 1.29 is 29.0 Å². The highest BCUT2D eigenvalue weighted by atomic mass is 16.5. The molecule has 2 heterocycles.